The van der Waals surface area contributed by atoms with E-state index in [1.54, 1.807) is 0 Å². The number of rotatable bonds is 9. The Labute approximate surface area is 124 Å². The topological polar surface area (TPSA) is 30.5 Å². The molecule has 1 aromatic rings. The molecule has 3 nitrogen and oxygen atoms in total. The van der Waals surface area contributed by atoms with E-state index in [-0.39, 0.29) is 0 Å². The van der Waals surface area contributed by atoms with Crippen LogP contribution in [0.3, 0.4) is 0 Å². The van der Waals surface area contributed by atoms with Gasteiger partial charge in [-0.2, -0.15) is 0 Å². The van der Waals surface area contributed by atoms with Crippen LogP contribution in [-0.4, -0.2) is 19.8 Å². The standard InChI is InChI=1S/C15H22BrNO2/c1-4-8-17-10-13-6-7-14(19-11-12(3)16)15(9-13)18-5-2/h6-7,9,17H,3-5,8,10-11H2,1-2H3. The maximum Gasteiger partial charge on any atom is 0.161 e. The summed E-state index contributed by atoms with van der Waals surface area (Å²) in [6.07, 6.45) is 1.13. The van der Waals surface area contributed by atoms with Crippen LogP contribution >= 0.6 is 15.9 Å². The Morgan fingerprint density at radius 2 is 2.05 bits per heavy atom. The Balaban J connectivity index is 2.72. The lowest BCUT2D eigenvalue weighted by atomic mass is 10.2. The Hall–Kier alpha value is -1.00. The number of hydrogen-bond donors (Lipinski definition) is 1. The minimum absolute atomic E-state index is 0.438. The van der Waals surface area contributed by atoms with E-state index in [0.717, 1.165) is 35.5 Å². The molecule has 0 aliphatic rings. The van der Waals surface area contributed by atoms with Crippen LogP contribution in [0.2, 0.25) is 0 Å². The molecule has 0 amide bonds. The van der Waals surface area contributed by atoms with Crippen molar-refractivity contribution in [1.82, 2.24) is 5.32 Å². The second-order valence-electron chi connectivity index (χ2n) is 4.20. The zero-order chi connectivity index (χ0) is 14.1. The van der Waals surface area contributed by atoms with Crippen molar-refractivity contribution in [3.8, 4) is 11.5 Å². The predicted octanol–water partition coefficient (Wildman–Crippen LogP) is 3.87. The molecule has 1 rings (SSSR count). The van der Waals surface area contributed by atoms with Crippen LogP contribution in [0.1, 0.15) is 25.8 Å². The minimum atomic E-state index is 0.438. The predicted molar refractivity (Wildman–Crippen MR) is 83.2 cm³/mol. The highest BCUT2D eigenvalue weighted by molar-refractivity contribution is 9.11. The van der Waals surface area contributed by atoms with Crippen molar-refractivity contribution in [3.05, 3.63) is 34.8 Å². The molecule has 0 fully saturated rings. The van der Waals surface area contributed by atoms with Crippen LogP contribution in [-0.2, 0) is 6.54 Å². The highest BCUT2D eigenvalue weighted by atomic mass is 79.9. The maximum atomic E-state index is 5.64. The molecule has 0 aliphatic heterocycles. The van der Waals surface area contributed by atoms with E-state index in [1.807, 2.05) is 19.1 Å². The molecule has 0 aromatic heterocycles. The zero-order valence-corrected chi connectivity index (χ0v) is 13.3. The first kappa shape index (κ1) is 16.1. The van der Waals surface area contributed by atoms with Gasteiger partial charge in [0, 0.05) is 11.0 Å². The first-order valence-electron chi connectivity index (χ1n) is 6.59. The third kappa shape index (κ3) is 6.12. The van der Waals surface area contributed by atoms with E-state index < -0.39 is 0 Å². The fourth-order valence-electron chi connectivity index (χ4n) is 1.62. The normalized spacial score (nSPS) is 10.3. The quantitative estimate of drug-likeness (QED) is 0.698. The molecule has 0 unspecified atom stereocenters. The average Bonchev–Trinajstić information content (AvgIpc) is 2.38. The van der Waals surface area contributed by atoms with Gasteiger partial charge in [-0.1, -0.05) is 35.5 Å². The van der Waals surface area contributed by atoms with E-state index in [2.05, 4.69) is 40.8 Å². The maximum absolute atomic E-state index is 5.64. The third-order valence-corrected chi connectivity index (χ3v) is 2.68. The SMILES string of the molecule is C=C(Br)COc1ccc(CNCCC)cc1OCC. The van der Waals surface area contributed by atoms with E-state index in [9.17, 15) is 0 Å². The van der Waals surface area contributed by atoms with Gasteiger partial charge in [0.05, 0.1) is 6.61 Å². The monoisotopic (exact) mass is 327 g/mol. The van der Waals surface area contributed by atoms with Crippen LogP contribution in [0.25, 0.3) is 0 Å². The summed E-state index contributed by atoms with van der Waals surface area (Å²) in [6.45, 7) is 10.8. The summed E-state index contributed by atoms with van der Waals surface area (Å²) in [7, 11) is 0. The summed E-state index contributed by atoms with van der Waals surface area (Å²) >= 11 is 3.28. The molecule has 0 atom stereocenters. The van der Waals surface area contributed by atoms with E-state index in [1.165, 1.54) is 5.56 Å². The third-order valence-electron chi connectivity index (χ3n) is 2.45. The Morgan fingerprint density at radius 3 is 2.68 bits per heavy atom. The second-order valence-corrected chi connectivity index (χ2v) is 5.32. The molecule has 1 aromatic carbocycles. The number of nitrogens with one attached hydrogen (secondary N) is 1. The van der Waals surface area contributed by atoms with Crippen molar-refractivity contribution in [2.75, 3.05) is 19.8 Å². The highest BCUT2D eigenvalue weighted by Gasteiger charge is 2.06. The van der Waals surface area contributed by atoms with Gasteiger partial charge in [0.25, 0.3) is 0 Å². The van der Waals surface area contributed by atoms with E-state index in [0.29, 0.717) is 13.2 Å². The number of benzene rings is 1. The van der Waals surface area contributed by atoms with Crippen LogP contribution in [0, 0.1) is 0 Å². The fourth-order valence-corrected chi connectivity index (χ4v) is 1.73. The molecule has 0 heterocycles. The van der Waals surface area contributed by atoms with Gasteiger partial charge in [-0.15, -0.1) is 0 Å². The first-order chi connectivity index (χ1) is 9.17. The molecule has 0 saturated heterocycles. The molecule has 0 radical (unpaired) electrons. The van der Waals surface area contributed by atoms with E-state index in [4.69, 9.17) is 9.47 Å². The second kappa shape index (κ2) is 8.99. The van der Waals surface area contributed by atoms with Crippen LogP contribution < -0.4 is 14.8 Å². The van der Waals surface area contributed by atoms with Gasteiger partial charge in [0.2, 0.25) is 0 Å². The van der Waals surface area contributed by atoms with Gasteiger partial charge in [0.1, 0.15) is 6.61 Å². The molecular weight excluding hydrogens is 306 g/mol. The number of halogens is 1. The average molecular weight is 328 g/mol. The first-order valence-corrected chi connectivity index (χ1v) is 7.39. The molecule has 4 heteroatoms. The van der Waals surface area contributed by atoms with Crippen molar-refractivity contribution in [1.29, 1.82) is 0 Å². The van der Waals surface area contributed by atoms with Gasteiger partial charge in [-0.05, 0) is 37.6 Å². The largest absolute Gasteiger partial charge is 0.490 e. The van der Waals surface area contributed by atoms with Crippen molar-refractivity contribution < 1.29 is 9.47 Å². The molecule has 19 heavy (non-hydrogen) atoms. The molecule has 0 bridgehead atoms. The molecule has 106 valence electrons. The van der Waals surface area contributed by atoms with Gasteiger partial charge in [-0.3, -0.25) is 0 Å². The van der Waals surface area contributed by atoms with Crippen molar-refractivity contribution in [2.24, 2.45) is 0 Å². The lowest BCUT2D eigenvalue weighted by molar-refractivity contribution is 0.295. The van der Waals surface area contributed by atoms with Gasteiger partial charge < -0.3 is 14.8 Å². The smallest absolute Gasteiger partial charge is 0.161 e. The summed E-state index contributed by atoms with van der Waals surface area (Å²) in [4.78, 5) is 0. The molecule has 0 saturated carbocycles. The summed E-state index contributed by atoms with van der Waals surface area (Å²) in [6, 6.07) is 6.03. The number of ether oxygens (including phenoxy) is 2. The molecule has 1 N–H and O–H groups in total. The number of hydrogen-bond acceptors (Lipinski definition) is 3. The highest BCUT2D eigenvalue weighted by Crippen LogP contribution is 2.29. The van der Waals surface area contributed by atoms with Crippen LogP contribution in [0.4, 0.5) is 0 Å². The van der Waals surface area contributed by atoms with Crippen molar-refractivity contribution in [2.45, 2.75) is 26.8 Å². The molecule has 0 aliphatic carbocycles. The summed E-state index contributed by atoms with van der Waals surface area (Å²) in [5.74, 6) is 1.54. The molecular formula is C15H22BrNO2. The van der Waals surface area contributed by atoms with Crippen molar-refractivity contribution in [3.63, 3.8) is 0 Å². The zero-order valence-electron chi connectivity index (χ0n) is 11.7. The van der Waals surface area contributed by atoms with Gasteiger partial charge in [-0.25, -0.2) is 0 Å². The Morgan fingerprint density at radius 1 is 1.26 bits per heavy atom. The Bertz CT molecular complexity index is 407. The fraction of sp³-hybridized carbons (Fsp3) is 0.467. The lowest BCUT2D eigenvalue weighted by Crippen LogP contribution is -2.13. The molecule has 0 spiro atoms. The van der Waals surface area contributed by atoms with Crippen LogP contribution in [0.5, 0.6) is 11.5 Å². The summed E-state index contributed by atoms with van der Waals surface area (Å²) in [5.41, 5.74) is 1.20. The minimum Gasteiger partial charge on any atom is -0.490 e. The Kier molecular flexibility index (Phi) is 7.60. The summed E-state index contributed by atoms with van der Waals surface area (Å²) in [5, 5.41) is 3.37. The lowest BCUT2D eigenvalue weighted by Gasteiger charge is -2.13. The van der Waals surface area contributed by atoms with Crippen molar-refractivity contribution >= 4 is 15.9 Å². The van der Waals surface area contributed by atoms with Crippen LogP contribution in [0.15, 0.2) is 29.3 Å². The van der Waals surface area contributed by atoms with Gasteiger partial charge >= 0.3 is 0 Å². The van der Waals surface area contributed by atoms with Gasteiger partial charge in [0.15, 0.2) is 11.5 Å². The van der Waals surface area contributed by atoms with E-state index >= 15 is 0 Å². The summed E-state index contributed by atoms with van der Waals surface area (Å²) < 4.78 is 12.1.